The summed E-state index contributed by atoms with van der Waals surface area (Å²) in [4.78, 5) is 20.1. The molecule has 2 N–H and O–H groups in total. The highest BCUT2D eigenvalue weighted by Gasteiger charge is 2.14. The molecule has 0 fully saturated rings. The number of aromatic nitrogens is 2. The number of hydrogen-bond acceptors (Lipinski definition) is 3. The van der Waals surface area contributed by atoms with E-state index in [4.69, 9.17) is 17.3 Å². The molecule has 0 bridgehead atoms. The van der Waals surface area contributed by atoms with Crippen molar-refractivity contribution in [2.24, 2.45) is 5.73 Å². The van der Waals surface area contributed by atoms with E-state index in [9.17, 15) is 4.79 Å². The summed E-state index contributed by atoms with van der Waals surface area (Å²) in [5.74, 6) is -0.513. The molecule has 0 aliphatic rings. The average molecular weight is 298 g/mol. The summed E-state index contributed by atoms with van der Waals surface area (Å²) < 4.78 is 0. The Morgan fingerprint density at radius 3 is 2.81 bits per heavy atom. The third-order valence-corrected chi connectivity index (χ3v) is 3.58. The molecule has 4 nitrogen and oxygen atoms in total. The Balaban J connectivity index is 2.24. The van der Waals surface area contributed by atoms with Gasteiger partial charge in [0.1, 0.15) is 5.15 Å². The maximum atomic E-state index is 11.5. The number of nitrogens with zero attached hydrogens (tertiary/aromatic N) is 2. The number of nitrogens with two attached hydrogens (primary N) is 1. The molecule has 0 spiro atoms. The van der Waals surface area contributed by atoms with E-state index in [0.717, 1.165) is 22.0 Å². The largest absolute Gasteiger partial charge is 0.366 e. The van der Waals surface area contributed by atoms with Gasteiger partial charge in [0, 0.05) is 22.7 Å². The maximum absolute atomic E-state index is 11.5. The van der Waals surface area contributed by atoms with E-state index < -0.39 is 5.91 Å². The Labute approximate surface area is 126 Å². The average Bonchev–Trinajstić information content (AvgIpc) is 2.48. The van der Waals surface area contributed by atoms with Crippen molar-refractivity contribution in [1.29, 1.82) is 0 Å². The summed E-state index contributed by atoms with van der Waals surface area (Å²) in [6.45, 7) is 1.81. The number of rotatable bonds is 2. The van der Waals surface area contributed by atoms with Gasteiger partial charge in [0.2, 0.25) is 5.91 Å². The topological polar surface area (TPSA) is 68.9 Å². The van der Waals surface area contributed by atoms with Crippen molar-refractivity contribution in [2.75, 3.05) is 0 Å². The molecule has 0 unspecified atom stereocenters. The normalized spacial score (nSPS) is 10.8. The molecule has 2 aromatic heterocycles. The summed E-state index contributed by atoms with van der Waals surface area (Å²) in [6, 6.07) is 11.1. The highest BCUT2D eigenvalue weighted by atomic mass is 35.5. The van der Waals surface area contributed by atoms with Crippen LogP contribution in [0.4, 0.5) is 0 Å². The smallest absolute Gasteiger partial charge is 0.249 e. The van der Waals surface area contributed by atoms with Gasteiger partial charge in [-0.05, 0) is 36.8 Å². The van der Waals surface area contributed by atoms with Crippen LogP contribution >= 0.6 is 11.6 Å². The predicted octanol–water partition coefficient (Wildman–Crippen LogP) is 3.36. The molecule has 1 aromatic carbocycles. The van der Waals surface area contributed by atoms with Crippen LogP contribution in [0.2, 0.25) is 5.15 Å². The molecule has 0 aliphatic carbocycles. The van der Waals surface area contributed by atoms with Crippen LogP contribution in [0.5, 0.6) is 0 Å². The first-order valence-corrected chi connectivity index (χ1v) is 6.76. The van der Waals surface area contributed by atoms with Gasteiger partial charge in [-0.3, -0.25) is 9.78 Å². The van der Waals surface area contributed by atoms with Crippen LogP contribution in [0.1, 0.15) is 15.9 Å². The van der Waals surface area contributed by atoms with Crippen LogP contribution in [0.15, 0.2) is 42.6 Å². The molecular weight excluding hydrogens is 286 g/mol. The first-order valence-electron chi connectivity index (χ1n) is 6.38. The minimum Gasteiger partial charge on any atom is -0.366 e. The molecule has 0 saturated carbocycles. The van der Waals surface area contributed by atoms with E-state index in [1.54, 1.807) is 6.20 Å². The van der Waals surface area contributed by atoms with Crippen molar-refractivity contribution >= 4 is 28.4 Å². The quantitative estimate of drug-likeness (QED) is 0.737. The zero-order valence-corrected chi connectivity index (χ0v) is 12.1. The van der Waals surface area contributed by atoms with E-state index in [1.807, 2.05) is 37.3 Å². The number of carbonyl (C=O) groups excluding carboxylic acids is 1. The first kappa shape index (κ1) is 13.5. The second kappa shape index (κ2) is 5.14. The molecular formula is C16H12ClN3O. The third kappa shape index (κ3) is 2.45. The van der Waals surface area contributed by atoms with Gasteiger partial charge in [-0.1, -0.05) is 23.7 Å². The summed E-state index contributed by atoms with van der Waals surface area (Å²) >= 11 is 6.00. The molecule has 3 rings (SSSR count). The van der Waals surface area contributed by atoms with Gasteiger partial charge in [0.05, 0.1) is 11.2 Å². The first-order chi connectivity index (χ1) is 10.1. The fraction of sp³-hybridized carbons (Fsp3) is 0.0625. The molecule has 0 radical (unpaired) electrons. The standard InChI is InChI=1S/C16H12ClN3O/c1-9-12(16(18)21)8-14(17)20-15(9)11-4-5-13-10(7-11)3-2-6-19-13/h2-8H,1H3,(H2,18,21). The van der Waals surface area contributed by atoms with Gasteiger partial charge in [-0.2, -0.15) is 0 Å². The van der Waals surface area contributed by atoms with Gasteiger partial charge >= 0.3 is 0 Å². The molecule has 5 heteroatoms. The number of halogens is 1. The summed E-state index contributed by atoms with van der Waals surface area (Å²) in [5, 5.41) is 1.24. The van der Waals surface area contributed by atoms with E-state index >= 15 is 0 Å². The summed E-state index contributed by atoms with van der Waals surface area (Å²) in [7, 11) is 0. The van der Waals surface area contributed by atoms with Crippen molar-refractivity contribution in [2.45, 2.75) is 6.92 Å². The fourth-order valence-electron chi connectivity index (χ4n) is 2.34. The molecule has 0 saturated heterocycles. The van der Waals surface area contributed by atoms with Crippen LogP contribution in [0, 0.1) is 6.92 Å². The molecule has 2 heterocycles. The van der Waals surface area contributed by atoms with Gasteiger partial charge < -0.3 is 5.73 Å². The lowest BCUT2D eigenvalue weighted by Crippen LogP contribution is -2.13. The van der Waals surface area contributed by atoms with Crippen molar-refractivity contribution in [1.82, 2.24) is 9.97 Å². The van der Waals surface area contributed by atoms with Crippen molar-refractivity contribution < 1.29 is 4.79 Å². The Morgan fingerprint density at radius 2 is 2.05 bits per heavy atom. The zero-order valence-electron chi connectivity index (χ0n) is 11.3. The number of primary amides is 1. The summed E-state index contributed by atoms with van der Waals surface area (Å²) in [5.41, 5.74) is 8.92. The van der Waals surface area contributed by atoms with Crippen LogP contribution in [0.3, 0.4) is 0 Å². The minimum absolute atomic E-state index is 0.246. The zero-order chi connectivity index (χ0) is 15.0. The van der Waals surface area contributed by atoms with Gasteiger partial charge in [-0.15, -0.1) is 0 Å². The van der Waals surface area contributed by atoms with Crippen molar-refractivity contribution in [3.63, 3.8) is 0 Å². The van der Waals surface area contributed by atoms with Gasteiger partial charge in [0.15, 0.2) is 0 Å². The Kier molecular flexibility index (Phi) is 3.31. The van der Waals surface area contributed by atoms with E-state index in [2.05, 4.69) is 9.97 Å². The van der Waals surface area contributed by atoms with Gasteiger partial charge in [-0.25, -0.2) is 4.98 Å². The fourth-order valence-corrected chi connectivity index (χ4v) is 2.53. The highest BCUT2D eigenvalue weighted by molar-refractivity contribution is 6.30. The molecule has 1 amide bonds. The highest BCUT2D eigenvalue weighted by Crippen LogP contribution is 2.28. The second-order valence-electron chi connectivity index (χ2n) is 4.74. The lowest BCUT2D eigenvalue weighted by atomic mass is 10.0. The van der Waals surface area contributed by atoms with Gasteiger partial charge in [0.25, 0.3) is 0 Å². The number of benzene rings is 1. The lowest BCUT2D eigenvalue weighted by Gasteiger charge is -2.10. The number of hydrogen-bond donors (Lipinski definition) is 1. The minimum atomic E-state index is -0.513. The molecule has 0 aliphatic heterocycles. The van der Waals surface area contributed by atoms with Crippen molar-refractivity contribution in [3.8, 4) is 11.3 Å². The van der Waals surface area contributed by atoms with E-state index in [1.165, 1.54) is 6.07 Å². The Hall–Kier alpha value is -2.46. The second-order valence-corrected chi connectivity index (χ2v) is 5.13. The number of carbonyl (C=O) groups is 1. The van der Waals surface area contributed by atoms with Crippen LogP contribution in [-0.2, 0) is 0 Å². The molecule has 0 atom stereocenters. The number of pyridine rings is 2. The SMILES string of the molecule is Cc1c(C(N)=O)cc(Cl)nc1-c1ccc2ncccc2c1. The summed E-state index contributed by atoms with van der Waals surface area (Å²) in [6.07, 6.45) is 1.75. The van der Waals surface area contributed by atoms with Crippen LogP contribution in [0.25, 0.3) is 22.2 Å². The molecule has 3 aromatic rings. The third-order valence-electron chi connectivity index (χ3n) is 3.38. The van der Waals surface area contributed by atoms with Crippen molar-refractivity contribution in [3.05, 3.63) is 58.9 Å². The number of fused-ring (bicyclic) bond motifs is 1. The van der Waals surface area contributed by atoms with Crippen LogP contribution in [-0.4, -0.2) is 15.9 Å². The van der Waals surface area contributed by atoms with E-state index in [0.29, 0.717) is 11.3 Å². The Morgan fingerprint density at radius 1 is 1.24 bits per heavy atom. The predicted molar refractivity (Wildman–Crippen MR) is 83.2 cm³/mol. The van der Waals surface area contributed by atoms with Crippen LogP contribution < -0.4 is 5.73 Å². The maximum Gasteiger partial charge on any atom is 0.249 e. The monoisotopic (exact) mass is 297 g/mol. The molecule has 104 valence electrons. The lowest BCUT2D eigenvalue weighted by molar-refractivity contribution is 0.0999. The van der Waals surface area contributed by atoms with E-state index in [-0.39, 0.29) is 5.15 Å². The Bertz CT molecular complexity index is 861. The molecule has 21 heavy (non-hydrogen) atoms. The number of amides is 1.